The molecule has 188 valence electrons. The summed E-state index contributed by atoms with van der Waals surface area (Å²) >= 11 is 6.86. The Morgan fingerprint density at radius 1 is 1.14 bits per heavy atom. The van der Waals surface area contributed by atoms with Crippen molar-refractivity contribution in [3.05, 3.63) is 55.0 Å². The van der Waals surface area contributed by atoms with Gasteiger partial charge in [0.15, 0.2) is 11.5 Å². The highest BCUT2D eigenvalue weighted by atomic mass is 35.5. The molecule has 0 radical (unpaired) electrons. The summed E-state index contributed by atoms with van der Waals surface area (Å²) in [5.41, 5.74) is 4.31. The van der Waals surface area contributed by atoms with Crippen LogP contribution in [0.5, 0.6) is 11.5 Å². The summed E-state index contributed by atoms with van der Waals surface area (Å²) in [7, 11) is 2.01. The van der Waals surface area contributed by atoms with Crippen LogP contribution < -0.4 is 20.3 Å². The van der Waals surface area contributed by atoms with Crippen LogP contribution in [0.25, 0.3) is 0 Å². The molecule has 3 aliphatic rings. The van der Waals surface area contributed by atoms with Gasteiger partial charge in [-0.15, -0.1) is 0 Å². The van der Waals surface area contributed by atoms with Gasteiger partial charge in [0.2, 0.25) is 0 Å². The zero-order valence-corrected chi connectivity index (χ0v) is 21.9. The lowest BCUT2D eigenvalue weighted by atomic mass is 9.81. The number of hydrogen-bond donors (Lipinski definition) is 2. The smallest absolute Gasteiger partial charge is 0.254 e. The number of H-pyrrole nitrogens is 1. The molecule has 1 aromatic carbocycles. The maximum absolute atomic E-state index is 13.7. The molecule has 2 aromatic rings. The fraction of sp³-hybridized carbons (Fsp3) is 0.556. The van der Waals surface area contributed by atoms with Gasteiger partial charge in [0.1, 0.15) is 0 Å². The van der Waals surface area contributed by atoms with E-state index in [1.165, 1.54) is 0 Å². The van der Waals surface area contributed by atoms with Crippen molar-refractivity contribution in [3.8, 4) is 11.5 Å². The number of aromatic amines is 1. The van der Waals surface area contributed by atoms with Crippen LogP contribution in [0.4, 0.5) is 0 Å². The second-order valence-electron chi connectivity index (χ2n) is 10.4. The number of pyridine rings is 1. The van der Waals surface area contributed by atoms with Gasteiger partial charge in [-0.25, -0.2) is 0 Å². The van der Waals surface area contributed by atoms with Crippen molar-refractivity contribution >= 4 is 17.5 Å². The molecule has 3 heterocycles. The topological polar surface area (TPSA) is 83.7 Å². The first-order chi connectivity index (χ1) is 16.6. The summed E-state index contributed by atoms with van der Waals surface area (Å²) in [5, 5.41) is 3.85. The Hall–Kier alpha value is -2.51. The van der Waals surface area contributed by atoms with Crippen LogP contribution in [0, 0.1) is 26.7 Å². The normalized spacial score (nSPS) is 25.7. The standard InChI is InChI=1S/C27H34ClN3O4/c1-14-12-15(2)30-25(32)20(14)13-31-11-10-19-21(26(31)33)16(3)23-24(22(19)28)35-27(4,34-23)17-6-8-18(29-5)9-7-17/h12,17-18,29H,6-11,13H2,1-5H3,(H,30,32). The average Bonchev–Trinajstić information content (AvgIpc) is 3.20. The quantitative estimate of drug-likeness (QED) is 0.650. The Kier molecular flexibility index (Phi) is 6.12. The van der Waals surface area contributed by atoms with E-state index in [4.69, 9.17) is 21.1 Å². The lowest BCUT2D eigenvalue weighted by Crippen LogP contribution is -2.46. The van der Waals surface area contributed by atoms with Gasteiger partial charge in [-0.3, -0.25) is 9.59 Å². The molecule has 1 atom stereocenters. The molecule has 2 N–H and O–H groups in total. The minimum absolute atomic E-state index is 0.125. The highest BCUT2D eigenvalue weighted by molar-refractivity contribution is 6.34. The Balaban J connectivity index is 1.44. The van der Waals surface area contributed by atoms with Crippen molar-refractivity contribution < 1.29 is 14.3 Å². The molecule has 1 aliphatic carbocycles. The van der Waals surface area contributed by atoms with Crippen LogP contribution in [0.15, 0.2) is 10.9 Å². The number of benzene rings is 1. The first-order valence-corrected chi connectivity index (χ1v) is 12.9. The minimum atomic E-state index is -0.797. The fourth-order valence-corrected chi connectivity index (χ4v) is 6.33. The zero-order chi connectivity index (χ0) is 25.1. The number of rotatable bonds is 4. The molecule has 0 spiro atoms. The van der Waals surface area contributed by atoms with E-state index >= 15 is 0 Å². The van der Waals surface area contributed by atoms with E-state index in [1.54, 1.807) is 4.90 Å². The van der Waals surface area contributed by atoms with E-state index in [0.717, 1.165) is 48.1 Å². The molecule has 8 heteroatoms. The summed E-state index contributed by atoms with van der Waals surface area (Å²) in [5.74, 6) is 0.462. The van der Waals surface area contributed by atoms with Gasteiger partial charge in [-0.1, -0.05) is 11.6 Å². The Morgan fingerprint density at radius 3 is 2.49 bits per heavy atom. The van der Waals surface area contributed by atoms with Crippen LogP contribution in [-0.4, -0.2) is 41.2 Å². The Morgan fingerprint density at radius 2 is 1.83 bits per heavy atom. The molecule has 1 fully saturated rings. The lowest BCUT2D eigenvalue weighted by molar-refractivity contribution is -0.121. The number of amides is 1. The second-order valence-corrected chi connectivity index (χ2v) is 10.8. The zero-order valence-electron chi connectivity index (χ0n) is 21.1. The molecule has 7 nitrogen and oxygen atoms in total. The van der Waals surface area contributed by atoms with Crippen molar-refractivity contribution in [1.82, 2.24) is 15.2 Å². The van der Waals surface area contributed by atoms with Crippen molar-refractivity contribution in [1.29, 1.82) is 0 Å². The van der Waals surface area contributed by atoms with Gasteiger partial charge in [0.05, 0.1) is 17.1 Å². The van der Waals surface area contributed by atoms with Crippen LogP contribution in [-0.2, 0) is 13.0 Å². The van der Waals surface area contributed by atoms with Gasteiger partial charge in [-0.2, -0.15) is 0 Å². The summed E-state index contributed by atoms with van der Waals surface area (Å²) in [4.78, 5) is 30.8. The van der Waals surface area contributed by atoms with Crippen molar-refractivity contribution in [2.75, 3.05) is 13.6 Å². The number of nitrogens with zero attached hydrogens (tertiary/aromatic N) is 1. The molecule has 1 aromatic heterocycles. The minimum Gasteiger partial charge on any atom is -0.448 e. The van der Waals surface area contributed by atoms with E-state index in [1.807, 2.05) is 40.8 Å². The van der Waals surface area contributed by atoms with Crippen molar-refractivity contribution in [2.45, 2.75) is 78.2 Å². The van der Waals surface area contributed by atoms with E-state index in [-0.39, 0.29) is 23.9 Å². The number of aryl methyl sites for hydroxylation is 2. The lowest BCUT2D eigenvalue weighted by Gasteiger charge is -2.37. The Bertz CT molecular complexity index is 1250. The molecular formula is C27H34ClN3O4. The number of aromatic nitrogens is 1. The third-order valence-electron chi connectivity index (χ3n) is 8.15. The summed E-state index contributed by atoms with van der Waals surface area (Å²) in [6.07, 6.45) is 4.76. The number of fused-ring (bicyclic) bond motifs is 2. The molecule has 1 saturated carbocycles. The number of halogens is 1. The van der Waals surface area contributed by atoms with Gasteiger partial charge < -0.3 is 24.7 Å². The molecule has 1 unspecified atom stereocenters. The molecule has 5 rings (SSSR count). The summed E-state index contributed by atoms with van der Waals surface area (Å²) in [6.45, 7) is 8.42. The molecule has 0 bridgehead atoms. The highest BCUT2D eigenvalue weighted by Gasteiger charge is 2.48. The van der Waals surface area contributed by atoms with Gasteiger partial charge in [0, 0.05) is 42.2 Å². The van der Waals surface area contributed by atoms with Crippen LogP contribution in [0.3, 0.4) is 0 Å². The van der Waals surface area contributed by atoms with Crippen molar-refractivity contribution in [3.63, 3.8) is 0 Å². The highest BCUT2D eigenvalue weighted by Crippen LogP contribution is 2.53. The van der Waals surface area contributed by atoms with Crippen LogP contribution in [0.1, 0.15) is 70.9 Å². The first kappa shape index (κ1) is 24.2. The molecule has 35 heavy (non-hydrogen) atoms. The number of hydrogen-bond acceptors (Lipinski definition) is 5. The van der Waals surface area contributed by atoms with E-state index < -0.39 is 5.79 Å². The molecule has 1 amide bonds. The molecular weight excluding hydrogens is 466 g/mol. The van der Waals surface area contributed by atoms with E-state index in [2.05, 4.69) is 10.3 Å². The first-order valence-electron chi connectivity index (χ1n) is 12.5. The molecule has 0 saturated heterocycles. The average molecular weight is 500 g/mol. The van der Waals surface area contributed by atoms with Crippen LogP contribution >= 0.6 is 11.6 Å². The maximum atomic E-state index is 13.7. The number of carbonyl (C=O) groups is 1. The van der Waals surface area contributed by atoms with Gasteiger partial charge >= 0.3 is 0 Å². The van der Waals surface area contributed by atoms with Crippen LogP contribution in [0.2, 0.25) is 5.02 Å². The van der Waals surface area contributed by atoms with E-state index in [9.17, 15) is 9.59 Å². The number of carbonyl (C=O) groups excluding carboxylic acids is 1. The van der Waals surface area contributed by atoms with Gasteiger partial charge in [0.25, 0.3) is 17.3 Å². The summed E-state index contributed by atoms with van der Waals surface area (Å²) in [6, 6.07) is 2.47. The third-order valence-corrected chi connectivity index (χ3v) is 8.55. The number of nitrogens with one attached hydrogen (secondary N) is 2. The third kappa shape index (κ3) is 4.02. The number of ether oxygens (including phenoxy) is 2. The second kappa shape index (κ2) is 8.86. The Labute approximate surface area is 211 Å². The van der Waals surface area contributed by atoms with Crippen molar-refractivity contribution in [2.24, 2.45) is 5.92 Å². The molecule has 2 aliphatic heterocycles. The predicted molar refractivity (Wildman–Crippen MR) is 136 cm³/mol. The predicted octanol–water partition coefficient (Wildman–Crippen LogP) is 4.42. The summed E-state index contributed by atoms with van der Waals surface area (Å²) < 4.78 is 12.9. The van der Waals surface area contributed by atoms with Gasteiger partial charge in [-0.05, 0) is 77.1 Å². The van der Waals surface area contributed by atoms with E-state index in [0.29, 0.717) is 46.7 Å². The largest absolute Gasteiger partial charge is 0.448 e. The maximum Gasteiger partial charge on any atom is 0.254 e. The SMILES string of the molecule is CNC1CCC(C2(C)Oc3c(C)c4c(c(Cl)c3O2)CCN(Cc2c(C)cc(C)[nH]c2=O)C4=O)CC1. The fourth-order valence-electron chi connectivity index (χ4n) is 6.02. The monoisotopic (exact) mass is 499 g/mol.